The summed E-state index contributed by atoms with van der Waals surface area (Å²) in [6.07, 6.45) is 1.59. The molecule has 5 nitrogen and oxygen atoms in total. The van der Waals surface area contributed by atoms with Crippen molar-refractivity contribution >= 4 is 17.4 Å². The van der Waals surface area contributed by atoms with Crippen LogP contribution in [0.25, 0.3) is 5.70 Å². The molecule has 2 amide bonds. The Morgan fingerprint density at radius 1 is 1.19 bits per heavy atom. The summed E-state index contributed by atoms with van der Waals surface area (Å²) >= 11 is 0. The van der Waals surface area contributed by atoms with E-state index in [2.05, 4.69) is 36.6 Å². The van der Waals surface area contributed by atoms with Gasteiger partial charge in [-0.25, -0.2) is 4.79 Å². The number of rotatable bonds is 4. The lowest BCUT2D eigenvalue weighted by Gasteiger charge is -2.35. The SMILES string of the molecule is CCC1(C)Cc2ccccc2C(NC(=O)Nc2ccccc2OC)=C1C#N. The maximum Gasteiger partial charge on any atom is 0.323 e. The first kappa shape index (κ1) is 18.5. The second kappa shape index (κ2) is 7.55. The van der Waals surface area contributed by atoms with E-state index in [1.807, 2.05) is 30.3 Å². The summed E-state index contributed by atoms with van der Waals surface area (Å²) in [5.74, 6) is 0.574. The van der Waals surface area contributed by atoms with Crippen LogP contribution in [-0.2, 0) is 6.42 Å². The van der Waals surface area contributed by atoms with Crippen LogP contribution < -0.4 is 15.4 Å². The molecule has 0 radical (unpaired) electrons. The van der Waals surface area contributed by atoms with Crippen LogP contribution in [0.3, 0.4) is 0 Å². The van der Waals surface area contributed by atoms with E-state index >= 15 is 0 Å². The number of urea groups is 1. The molecule has 0 fully saturated rings. The molecule has 0 saturated carbocycles. The van der Waals surface area contributed by atoms with E-state index in [9.17, 15) is 10.1 Å². The third-order valence-corrected chi connectivity index (χ3v) is 5.21. The summed E-state index contributed by atoms with van der Waals surface area (Å²) in [7, 11) is 1.55. The van der Waals surface area contributed by atoms with Crippen molar-refractivity contribution in [2.75, 3.05) is 12.4 Å². The molecule has 1 atom stereocenters. The maximum absolute atomic E-state index is 12.7. The Morgan fingerprint density at radius 3 is 2.59 bits per heavy atom. The van der Waals surface area contributed by atoms with Crippen LogP contribution >= 0.6 is 0 Å². The maximum atomic E-state index is 12.7. The van der Waals surface area contributed by atoms with Gasteiger partial charge in [0.25, 0.3) is 0 Å². The van der Waals surface area contributed by atoms with Gasteiger partial charge in [-0.1, -0.05) is 50.2 Å². The third kappa shape index (κ3) is 3.52. The van der Waals surface area contributed by atoms with Crippen LogP contribution in [0.15, 0.2) is 54.1 Å². The Bertz CT molecular complexity index is 943. The Balaban J connectivity index is 1.97. The van der Waals surface area contributed by atoms with Crippen molar-refractivity contribution < 1.29 is 9.53 Å². The molecule has 1 aliphatic carbocycles. The minimum Gasteiger partial charge on any atom is -0.495 e. The lowest BCUT2D eigenvalue weighted by molar-refractivity contribution is 0.255. The number of anilines is 1. The number of hydrogen-bond acceptors (Lipinski definition) is 3. The van der Waals surface area contributed by atoms with Gasteiger partial charge in [0, 0.05) is 11.0 Å². The van der Waals surface area contributed by atoms with Crippen molar-refractivity contribution in [3.05, 3.63) is 65.2 Å². The van der Waals surface area contributed by atoms with Gasteiger partial charge in [0.15, 0.2) is 0 Å². The van der Waals surface area contributed by atoms with Crippen molar-refractivity contribution in [2.45, 2.75) is 26.7 Å². The second-order valence-electron chi connectivity index (χ2n) is 6.89. The molecule has 1 unspecified atom stereocenters. The topological polar surface area (TPSA) is 74.2 Å². The highest BCUT2D eigenvalue weighted by molar-refractivity contribution is 5.98. The van der Waals surface area contributed by atoms with Gasteiger partial charge >= 0.3 is 6.03 Å². The number of hydrogen-bond donors (Lipinski definition) is 2. The molecule has 2 N–H and O–H groups in total. The molecular weight excluding hydrogens is 338 g/mol. The van der Waals surface area contributed by atoms with Crippen molar-refractivity contribution in [1.82, 2.24) is 5.32 Å². The number of ether oxygens (including phenoxy) is 1. The third-order valence-electron chi connectivity index (χ3n) is 5.21. The molecule has 2 aromatic carbocycles. The molecule has 3 rings (SSSR count). The van der Waals surface area contributed by atoms with Crippen molar-refractivity contribution in [3.63, 3.8) is 0 Å². The van der Waals surface area contributed by atoms with Gasteiger partial charge in [-0.3, -0.25) is 0 Å². The summed E-state index contributed by atoms with van der Waals surface area (Å²) in [5, 5.41) is 15.6. The Morgan fingerprint density at radius 2 is 1.89 bits per heavy atom. The fourth-order valence-corrected chi connectivity index (χ4v) is 3.50. The lowest BCUT2D eigenvalue weighted by atomic mass is 9.69. The summed E-state index contributed by atoms with van der Waals surface area (Å²) < 4.78 is 5.28. The van der Waals surface area contributed by atoms with Crippen LogP contribution in [0.2, 0.25) is 0 Å². The van der Waals surface area contributed by atoms with E-state index < -0.39 is 6.03 Å². The molecule has 1 aliphatic rings. The summed E-state index contributed by atoms with van der Waals surface area (Å²) in [4.78, 5) is 12.7. The Kier molecular flexibility index (Phi) is 5.18. The zero-order chi connectivity index (χ0) is 19.4. The van der Waals surface area contributed by atoms with Crippen LogP contribution in [0, 0.1) is 16.7 Å². The van der Waals surface area contributed by atoms with Gasteiger partial charge in [-0.05, 0) is 30.5 Å². The minimum atomic E-state index is -0.405. The summed E-state index contributed by atoms with van der Waals surface area (Å²) in [6.45, 7) is 4.14. The molecule has 0 heterocycles. The molecular formula is C22H23N3O2. The van der Waals surface area contributed by atoms with Crippen LogP contribution in [-0.4, -0.2) is 13.1 Å². The van der Waals surface area contributed by atoms with Gasteiger partial charge in [-0.15, -0.1) is 0 Å². The number of benzene rings is 2. The first-order valence-corrected chi connectivity index (χ1v) is 8.96. The first-order valence-electron chi connectivity index (χ1n) is 8.96. The Hall–Kier alpha value is -3.26. The largest absolute Gasteiger partial charge is 0.495 e. The van der Waals surface area contributed by atoms with Crippen LogP contribution in [0.1, 0.15) is 31.4 Å². The highest BCUT2D eigenvalue weighted by Gasteiger charge is 2.36. The number of para-hydroxylation sites is 2. The number of nitriles is 1. The molecule has 27 heavy (non-hydrogen) atoms. The molecule has 138 valence electrons. The summed E-state index contributed by atoms with van der Waals surface area (Å²) in [6, 6.07) is 17.0. The predicted octanol–water partition coefficient (Wildman–Crippen LogP) is 4.72. The second-order valence-corrected chi connectivity index (χ2v) is 6.89. The number of nitrogens with one attached hydrogen (secondary N) is 2. The predicted molar refractivity (Wildman–Crippen MR) is 106 cm³/mol. The van der Waals surface area contributed by atoms with Gasteiger partial charge in [-0.2, -0.15) is 5.26 Å². The number of nitrogens with zero attached hydrogens (tertiary/aromatic N) is 1. The summed E-state index contributed by atoms with van der Waals surface area (Å²) in [5.41, 5.74) is 3.48. The monoisotopic (exact) mass is 361 g/mol. The quantitative estimate of drug-likeness (QED) is 0.827. The number of allylic oxidation sites excluding steroid dienone is 1. The number of methoxy groups -OCH3 is 1. The Labute approximate surface area is 159 Å². The molecule has 0 aliphatic heterocycles. The molecule has 0 spiro atoms. The minimum absolute atomic E-state index is 0.309. The number of fused-ring (bicyclic) bond motifs is 1. The normalized spacial score (nSPS) is 18.3. The van der Waals surface area contributed by atoms with Crippen LogP contribution in [0.4, 0.5) is 10.5 Å². The molecule has 0 bridgehead atoms. The first-order chi connectivity index (χ1) is 13.0. The van der Waals surface area contributed by atoms with Crippen LogP contribution in [0.5, 0.6) is 5.75 Å². The fourth-order valence-electron chi connectivity index (χ4n) is 3.50. The van der Waals surface area contributed by atoms with E-state index in [1.165, 1.54) is 0 Å². The average Bonchev–Trinajstić information content (AvgIpc) is 2.68. The van der Waals surface area contributed by atoms with E-state index in [4.69, 9.17) is 4.74 Å². The zero-order valence-electron chi connectivity index (χ0n) is 15.8. The highest BCUT2D eigenvalue weighted by atomic mass is 16.5. The lowest BCUT2D eigenvalue weighted by Crippen LogP contribution is -2.35. The van der Waals surface area contributed by atoms with Gasteiger partial charge in [0.2, 0.25) is 0 Å². The number of carbonyl (C=O) groups excluding carboxylic acids is 1. The fraction of sp³-hybridized carbons (Fsp3) is 0.273. The smallest absolute Gasteiger partial charge is 0.323 e. The van der Waals surface area contributed by atoms with Crippen molar-refractivity contribution in [1.29, 1.82) is 5.26 Å². The molecule has 5 heteroatoms. The average molecular weight is 361 g/mol. The van der Waals surface area contributed by atoms with E-state index in [-0.39, 0.29) is 5.41 Å². The van der Waals surface area contributed by atoms with Crippen molar-refractivity contribution in [3.8, 4) is 11.8 Å². The standard InChI is InChI=1S/C22H23N3O2/c1-4-22(2)13-15-9-5-6-10-16(15)20(17(22)14-23)25-21(26)24-18-11-7-8-12-19(18)27-3/h5-12H,4,13H2,1-3H3,(H2,24,25,26). The van der Waals surface area contributed by atoms with Gasteiger partial charge in [0.05, 0.1) is 30.1 Å². The zero-order valence-corrected chi connectivity index (χ0v) is 15.8. The van der Waals surface area contributed by atoms with E-state index in [1.54, 1.807) is 19.2 Å². The van der Waals surface area contributed by atoms with Gasteiger partial charge in [0.1, 0.15) is 5.75 Å². The van der Waals surface area contributed by atoms with Crippen molar-refractivity contribution in [2.24, 2.45) is 5.41 Å². The molecule has 0 aromatic heterocycles. The van der Waals surface area contributed by atoms with Gasteiger partial charge < -0.3 is 15.4 Å². The number of amides is 2. The van der Waals surface area contributed by atoms with E-state index in [0.29, 0.717) is 22.7 Å². The number of carbonyl (C=O) groups is 1. The van der Waals surface area contributed by atoms with E-state index in [0.717, 1.165) is 24.0 Å². The molecule has 0 saturated heterocycles. The molecule has 2 aromatic rings. The highest BCUT2D eigenvalue weighted by Crippen LogP contribution is 2.43.